The van der Waals surface area contributed by atoms with Crippen LogP contribution in [0.15, 0.2) is 4.99 Å². The van der Waals surface area contributed by atoms with Crippen LogP contribution in [0.25, 0.3) is 0 Å². The Morgan fingerprint density at radius 2 is 1.89 bits per heavy atom. The Bertz CT molecular complexity index is 485. The second-order valence-corrected chi connectivity index (χ2v) is 9.84. The monoisotopic (exact) mass is 527 g/mol. The Kier molecular flexibility index (Phi) is 13.2. The highest BCUT2D eigenvalue weighted by atomic mass is 127. The van der Waals surface area contributed by atoms with Crippen LogP contribution in [0, 0.1) is 0 Å². The number of hydrogen-bond acceptors (Lipinski definition) is 4. The smallest absolute Gasteiger partial charge is 0.191 e. The molecule has 0 amide bonds. The summed E-state index contributed by atoms with van der Waals surface area (Å²) in [4.78, 5) is 9.94. The first-order valence-corrected chi connectivity index (χ1v) is 12.3. The number of guanidine groups is 1. The van der Waals surface area contributed by atoms with Crippen LogP contribution >= 0.6 is 24.0 Å². The first kappa shape index (κ1) is 26.1. The Morgan fingerprint density at radius 3 is 2.50 bits per heavy atom. The summed E-state index contributed by atoms with van der Waals surface area (Å²) in [6.45, 7) is 16.1. The van der Waals surface area contributed by atoms with Gasteiger partial charge in [-0.1, -0.05) is 20.3 Å². The first-order chi connectivity index (χ1) is 13.1. The molecule has 0 radical (unpaired) electrons. The number of rotatable bonds is 8. The zero-order valence-corrected chi connectivity index (χ0v) is 21.4. The van der Waals surface area contributed by atoms with Crippen LogP contribution in [-0.2, 0) is 10.8 Å². The summed E-state index contributed by atoms with van der Waals surface area (Å²) in [5.74, 6) is 1.69. The van der Waals surface area contributed by atoms with Crippen LogP contribution in [0.5, 0.6) is 0 Å². The molecule has 28 heavy (non-hydrogen) atoms. The summed E-state index contributed by atoms with van der Waals surface area (Å²) in [5.41, 5.74) is 0. The molecule has 2 fully saturated rings. The van der Waals surface area contributed by atoms with Crippen LogP contribution in [0.2, 0.25) is 0 Å². The lowest BCUT2D eigenvalue weighted by Gasteiger charge is -2.37. The van der Waals surface area contributed by atoms with E-state index in [0.717, 1.165) is 70.1 Å². The third kappa shape index (κ3) is 8.44. The molecule has 2 rings (SSSR count). The maximum Gasteiger partial charge on any atom is 0.191 e. The molecule has 0 spiro atoms. The predicted octanol–water partition coefficient (Wildman–Crippen LogP) is 2.27. The molecule has 1 aliphatic heterocycles. The average molecular weight is 528 g/mol. The minimum Gasteiger partial charge on any atom is -0.357 e. The number of likely N-dealkylation sites (N-methyl/N-ethyl adjacent to an activating group) is 1. The van der Waals surface area contributed by atoms with Gasteiger partial charge in [0.1, 0.15) is 0 Å². The number of halogens is 1. The van der Waals surface area contributed by atoms with Gasteiger partial charge in [-0.3, -0.25) is 14.1 Å². The first-order valence-electron chi connectivity index (χ1n) is 11.0. The van der Waals surface area contributed by atoms with Crippen molar-refractivity contribution in [2.24, 2.45) is 4.99 Å². The molecule has 1 saturated heterocycles. The van der Waals surface area contributed by atoms with E-state index in [2.05, 4.69) is 41.2 Å². The minimum absolute atomic E-state index is 0. The lowest BCUT2D eigenvalue weighted by Crippen LogP contribution is -2.51. The van der Waals surface area contributed by atoms with E-state index in [0.29, 0.717) is 17.3 Å². The largest absolute Gasteiger partial charge is 0.357 e. The fourth-order valence-corrected chi connectivity index (χ4v) is 5.47. The summed E-state index contributed by atoms with van der Waals surface area (Å²) in [5, 5.41) is 7.36. The molecule has 0 aromatic carbocycles. The number of nitrogens with zero attached hydrogens (tertiary/aromatic N) is 3. The van der Waals surface area contributed by atoms with Crippen LogP contribution < -0.4 is 10.6 Å². The van der Waals surface area contributed by atoms with Crippen molar-refractivity contribution in [3.8, 4) is 0 Å². The van der Waals surface area contributed by atoms with Crippen LogP contribution in [0.1, 0.15) is 53.4 Å². The Labute approximate surface area is 192 Å². The quantitative estimate of drug-likeness (QED) is 0.288. The molecule has 6 nitrogen and oxygen atoms in total. The SMILES string of the molecule is CCNC(=NCC(C)N1CCN(CC)CC1)NC1CCCC(S(=O)CC)C1.I. The van der Waals surface area contributed by atoms with E-state index in [1.54, 1.807) is 0 Å². The van der Waals surface area contributed by atoms with E-state index < -0.39 is 10.8 Å². The summed E-state index contributed by atoms with van der Waals surface area (Å²) < 4.78 is 12.2. The normalized spacial score (nSPS) is 26.9. The maximum atomic E-state index is 12.2. The van der Waals surface area contributed by atoms with Gasteiger partial charge in [0, 0.05) is 66.6 Å². The summed E-state index contributed by atoms with van der Waals surface area (Å²) in [7, 11) is -0.682. The van der Waals surface area contributed by atoms with Gasteiger partial charge in [-0.2, -0.15) is 0 Å². The van der Waals surface area contributed by atoms with Crippen LogP contribution in [0.4, 0.5) is 0 Å². The molecule has 1 saturated carbocycles. The van der Waals surface area contributed by atoms with E-state index in [1.165, 1.54) is 13.1 Å². The lowest BCUT2D eigenvalue weighted by atomic mass is 9.95. The highest BCUT2D eigenvalue weighted by Crippen LogP contribution is 2.23. The van der Waals surface area contributed by atoms with Crippen molar-refractivity contribution in [2.75, 3.05) is 51.6 Å². The fraction of sp³-hybridized carbons (Fsp3) is 0.950. The zero-order valence-electron chi connectivity index (χ0n) is 18.3. The average Bonchev–Trinajstić information content (AvgIpc) is 2.71. The van der Waals surface area contributed by atoms with E-state index in [4.69, 9.17) is 4.99 Å². The van der Waals surface area contributed by atoms with Gasteiger partial charge in [-0.25, -0.2) is 0 Å². The molecular formula is C20H42IN5OS. The molecule has 8 heteroatoms. The Balaban J connectivity index is 0.00000392. The molecule has 4 atom stereocenters. The number of nitrogens with one attached hydrogen (secondary N) is 2. The predicted molar refractivity (Wildman–Crippen MR) is 132 cm³/mol. The van der Waals surface area contributed by atoms with E-state index >= 15 is 0 Å². The van der Waals surface area contributed by atoms with Gasteiger partial charge in [0.25, 0.3) is 0 Å². The number of hydrogen-bond donors (Lipinski definition) is 2. The second kappa shape index (κ2) is 14.1. The summed E-state index contributed by atoms with van der Waals surface area (Å²) >= 11 is 0. The fourth-order valence-electron chi connectivity index (χ4n) is 4.12. The highest BCUT2D eigenvalue weighted by molar-refractivity contribution is 14.0. The molecule has 1 heterocycles. The Morgan fingerprint density at radius 1 is 1.18 bits per heavy atom. The summed E-state index contributed by atoms with van der Waals surface area (Å²) in [6.07, 6.45) is 4.41. The van der Waals surface area contributed by atoms with Gasteiger partial charge in [-0.15, -0.1) is 24.0 Å². The number of aliphatic imine (C=N–C) groups is 1. The van der Waals surface area contributed by atoms with Crippen LogP contribution in [0.3, 0.4) is 0 Å². The van der Waals surface area contributed by atoms with E-state index in [9.17, 15) is 4.21 Å². The van der Waals surface area contributed by atoms with Crippen molar-refractivity contribution in [3.05, 3.63) is 0 Å². The van der Waals surface area contributed by atoms with E-state index in [1.807, 2.05) is 6.92 Å². The van der Waals surface area contributed by atoms with Gasteiger partial charge in [-0.05, 0) is 39.7 Å². The van der Waals surface area contributed by atoms with E-state index in [-0.39, 0.29) is 24.0 Å². The molecule has 0 aromatic rings. The Hall–Kier alpha value is 0.0700. The second-order valence-electron chi connectivity index (χ2n) is 7.84. The van der Waals surface area contributed by atoms with Crippen molar-refractivity contribution in [1.29, 1.82) is 0 Å². The van der Waals surface area contributed by atoms with Crippen molar-refractivity contribution in [1.82, 2.24) is 20.4 Å². The van der Waals surface area contributed by atoms with Gasteiger partial charge >= 0.3 is 0 Å². The maximum absolute atomic E-state index is 12.2. The molecule has 1 aliphatic carbocycles. The third-order valence-electron chi connectivity index (χ3n) is 5.96. The standard InChI is InChI=1S/C20H41N5OS.HI/c1-5-21-20(23-18-9-8-10-19(15-18)27(26)7-3)22-16-17(4)25-13-11-24(6-2)12-14-25;/h17-19H,5-16H2,1-4H3,(H2,21,22,23);1H. The van der Waals surface area contributed by atoms with Crippen molar-refractivity contribution < 1.29 is 4.21 Å². The van der Waals surface area contributed by atoms with Crippen LogP contribution in [-0.4, -0.2) is 88.9 Å². The van der Waals surface area contributed by atoms with Gasteiger partial charge in [0.2, 0.25) is 0 Å². The van der Waals surface area contributed by atoms with Gasteiger partial charge < -0.3 is 15.5 Å². The molecular weight excluding hydrogens is 485 g/mol. The molecule has 166 valence electrons. The molecule has 4 unspecified atom stereocenters. The molecule has 2 aliphatic rings. The van der Waals surface area contributed by atoms with Crippen molar-refractivity contribution in [2.45, 2.75) is 70.7 Å². The molecule has 0 bridgehead atoms. The molecule has 2 N–H and O–H groups in total. The molecule has 0 aromatic heterocycles. The topological polar surface area (TPSA) is 60.0 Å². The lowest BCUT2D eigenvalue weighted by molar-refractivity contribution is 0.109. The third-order valence-corrected chi connectivity index (χ3v) is 7.70. The summed E-state index contributed by atoms with van der Waals surface area (Å²) in [6, 6.07) is 0.853. The van der Waals surface area contributed by atoms with Gasteiger partial charge in [0.05, 0.1) is 6.54 Å². The minimum atomic E-state index is -0.682. The van der Waals surface area contributed by atoms with Crippen molar-refractivity contribution >= 4 is 40.7 Å². The highest BCUT2D eigenvalue weighted by Gasteiger charge is 2.26. The number of piperazine rings is 1. The van der Waals surface area contributed by atoms with Gasteiger partial charge in [0.15, 0.2) is 5.96 Å². The zero-order chi connectivity index (χ0) is 19.6. The van der Waals surface area contributed by atoms with Crippen molar-refractivity contribution in [3.63, 3.8) is 0 Å².